The van der Waals surface area contributed by atoms with Crippen molar-refractivity contribution in [2.24, 2.45) is 10.9 Å². The Labute approximate surface area is 171 Å². The molecule has 2 aromatic rings. The lowest BCUT2D eigenvalue weighted by atomic mass is 10.1. The summed E-state index contributed by atoms with van der Waals surface area (Å²) in [6.45, 7) is 1.94. The number of dihydropyridines is 1. The highest BCUT2D eigenvalue weighted by molar-refractivity contribution is 7.13. The zero-order valence-electron chi connectivity index (χ0n) is 16.0. The van der Waals surface area contributed by atoms with Crippen LogP contribution in [0.15, 0.2) is 40.7 Å². The van der Waals surface area contributed by atoms with Gasteiger partial charge in [-0.3, -0.25) is 14.4 Å². The largest absolute Gasteiger partial charge is 0.495 e. The zero-order chi connectivity index (χ0) is 20.8. The summed E-state index contributed by atoms with van der Waals surface area (Å²) >= 11 is 1.28. The van der Waals surface area contributed by atoms with Crippen LogP contribution >= 0.6 is 11.3 Å². The number of carbonyl (C=O) groups is 3. The van der Waals surface area contributed by atoms with Crippen molar-refractivity contribution in [2.75, 3.05) is 17.7 Å². The van der Waals surface area contributed by atoms with E-state index in [0.717, 1.165) is 5.56 Å². The van der Waals surface area contributed by atoms with Crippen molar-refractivity contribution in [3.63, 3.8) is 0 Å². The van der Waals surface area contributed by atoms with E-state index in [1.54, 1.807) is 12.5 Å². The summed E-state index contributed by atoms with van der Waals surface area (Å²) < 4.78 is 5.26. The smallest absolute Gasteiger partial charge is 0.269 e. The number of carbonyl (C=O) groups excluding carboxylic acids is 3. The molecule has 29 heavy (non-hydrogen) atoms. The van der Waals surface area contributed by atoms with Crippen LogP contribution in [0.1, 0.15) is 17.7 Å². The minimum atomic E-state index is -0.602. The van der Waals surface area contributed by atoms with Gasteiger partial charge in [0.1, 0.15) is 5.75 Å². The number of anilines is 2. The third-order valence-corrected chi connectivity index (χ3v) is 4.94. The van der Waals surface area contributed by atoms with E-state index in [-0.39, 0.29) is 24.1 Å². The number of aryl methyl sites for hydroxylation is 2. The SMILES string of the molecule is COc1ccc(C)cc1NC(=O)CCc1csc(NC(=O)C2C=CC(=O)N=C2)n1. The molecule has 1 aliphatic rings. The average molecular weight is 412 g/mol. The lowest BCUT2D eigenvalue weighted by molar-refractivity contribution is -0.117. The number of nitrogens with one attached hydrogen (secondary N) is 2. The summed E-state index contributed by atoms with van der Waals surface area (Å²) in [5, 5.41) is 7.77. The molecule has 1 unspecified atom stereocenters. The topological polar surface area (TPSA) is 110 Å². The van der Waals surface area contributed by atoms with Crippen LogP contribution < -0.4 is 15.4 Å². The number of benzene rings is 1. The fourth-order valence-electron chi connectivity index (χ4n) is 2.63. The van der Waals surface area contributed by atoms with E-state index < -0.39 is 5.92 Å². The summed E-state index contributed by atoms with van der Waals surface area (Å²) in [7, 11) is 1.55. The van der Waals surface area contributed by atoms with Crippen LogP contribution in [0.5, 0.6) is 5.75 Å². The van der Waals surface area contributed by atoms with E-state index in [1.807, 2.05) is 25.1 Å². The molecule has 1 aromatic carbocycles. The number of thiazole rings is 1. The predicted molar refractivity (Wildman–Crippen MR) is 112 cm³/mol. The number of ether oxygens (including phenoxy) is 1. The minimum Gasteiger partial charge on any atom is -0.495 e. The van der Waals surface area contributed by atoms with E-state index in [4.69, 9.17) is 4.74 Å². The maximum Gasteiger partial charge on any atom is 0.269 e. The van der Waals surface area contributed by atoms with Crippen LogP contribution in [0.3, 0.4) is 0 Å². The minimum absolute atomic E-state index is 0.152. The molecule has 0 fully saturated rings. The number of rotatable bonds is 7. The van der Waals surface area contributed by atoms with Gasteiger partial charge in [-0.25, -0.2) is 9.98 Å². The van der Waals surface area contributed by atoms with Gasteiger partial charge in [0.15, 0.2) is 5.13 Å². The Hall–Kier alpha value is -3.33. The van der Waals surface area contributed by atoms with Gasteiger partial charge < -0.3 is 15.4 Å². The number of methoxy groups -OCH3 is 1. The first-order chi connectivity index (χ1) is 13.9. The average Bonchev–Trinajstić information content (AvgIpc) is 3.14. The molecule has 1 aliphatic heterocycles. The van der Waals surface area contributed by atoms with E-state index >= 15 is 0 Å². The number of hydrogen-bond acceptors (Lipinski definition) is 6. The molecule has 3 rings (SSSR count). The Morgan fingerprint density at radius 1 is 1.28 bits per heavy atom. The summed E-state index contributed by atoms with van der Waals surface area (Å²) in [4.78, 5) is 43.4. The number of hydrogen-bond donors (Lipinski definition) is 2. The monoisotopic (exact) mass is 412 g/mol. The lowest BCUT2D eigenvalue weighted by Crippen LogP contribution is -2.24. The van der Waals surface area contributed by atoms with Gasteiger partial charge in [0, 0.05) is 24.1 Å². The third-order valence-electron chi connectivity index (χ3n) is 4.13. The molecule has 1 atom stereocenters. The highest BCUT2D eigenvalue weighted by Crippen LogP contribution is 2.25. The molecule has 2 N–H and O–H groups in total. The van der Waals surface area contributed by atoms with Gasteiger partial charge >= 0.3 is 0 Å². The van der Waals surface area contributed by atoms with E-state index in [2.05, 4.69) is 20.6 Å². The van der Waals surface area contributed by atoms with Gasteiger partial charge in [-0.05, 0) is 31.0 Å². The molecular formula is C20H20N4O4S. The Morgan fingerprint density at radius 2 is 2.10 bits per heavy atom. The molecule has 0 bridgehead atoms. The lowest BCUT2D eigenvalue weighted by Gasteiger charge is -2.10. The quantitative estimate of drug-likeness (QED) is 0.727. The maximum absolute atomic E-state index is 12.3. The molecule has 9 heteroatoms. The number of aliphatic imine (C=N–C) groups is 1. The molecular weight excluding hydrogens is 392 g/mol. The van der Waals surface area contributed by atoms with Crippen molar-refractivity contribution in [2.45, 2.75) is 19.8 Å². The standard InChI is InChI=1S/C20H20N4O4S/c1-12-3-6-16(28-2)15(9-12)23-18(26)8-5-14-11-29-20(22-14)24-19(27)13-4-7-17(25)21-10-13/h3-4,6-7,9-11,13H,5,8H2,1-2H3,(H,23,26)(H,22,24,27). The molecule has 8 nitrogen and oxygen atoms in total. The number of amides is 3. The summed E-state index contributed by atoms with van der Waals surface area (Å²) in [5.41, 5.74) is 2.35. The van der Waals surface area contributed by atoms with Gasteiger partial charge in [-0.1, -0.05) is 12.1 Å². The van der Waals surface area contributed by atoms with Crippen LogP contribution in [0, 0.1) is 12.8 Å². The van der Waals surface area contributed by atoms with Crippen molar-refractivity contribution in [3.8, 4) is 5.75 Å². The van der Waals surface area contributed by atoms with Crippen LogP contribution in [-0.4, -0.2) is 36.0 Å². The second-order valence-corrected chi connectivity index (χ2v) is 7.24. The maximum atomic E-state index is 12.3. The van der Waals surface area contributed by atoms with Crippen molar-refractivity contribution in [1.82, 2.24) is 4.98 Å². The van der Waals surface area contributed by atoms with Gasteiger partial charge in [-0.2, -0.15) is 0 Å². The second-order valence-electron chi connectivity index (χ2n) is 6.39. The first kappa shape index (κ1) is 20.4. The van der Waals surface area contributed by atoms with E-state index in [0.29, 0.717) is 28.7 Å². The summed E-state index contributed by atoms with van der Waals surface area (Å²) in [5.74, 6) is -0.852. The number of aromatic nitrogens is 1. The Kier molecular flexibility index (Phi) is 6.50. The van der Waals surface area contributed by atoms with Gasteiger partial charge in [-0.15, -0.1) is 11.3 Å². The molecule has 0 saturated carbocycles. The highest BCUT2D eigenvalue weighted by Gasteiger charge is 2.18. The fourth-order valence-corrected chi connectivity index (χ4v) is 3.38. The van der Waals surface area contributed by atoms with Crippen molar-refractivity contribution < 1.29 is 19.1 Å². The highest BCUT2D eigenvalue weighted by atomic mass is 32.1. The van der Waals surface area contributed by atoms with Crippen molar-refractivity contribution in [3.05, 3.63) is 47.0 Å². The molecule has 3 amide bonds. The molecule has 2 heterocycles. The summed E-state index contributed by atoms with van der Waals surface area (Å²) in [6, 6.07) is 5.57. The Morgan fingerprint density at radius 3 is 2.83 bits per heavy atom. The third kappa shape index (κ3) is 5.58. The molecule has 0 saturated heterocycles. The molecule has 1 aromatic heterocycles. The van der Waals surface area contributed by atoms with Crippen LogP contribution in [0.25, 0.3) is 0 Å². The Balaban J connectivity index is 1.51. The fraction of sp³-hybridized carbons (Fsp3) is 0.250. The molecule has 0 spiro atoms. The van der Waals surface area contributed by atoms with Crippen LogP contribution in [0.2, 0.25) is 0 Å². The van der Waals surface area contributed by atoms with Gasteiger partial charge in [0.25, 0.3) is 5.91 Å². The van der Waals surface area contributed by atoms with Crippen LogP contribution in [-0.2, 0) is 20.8 Å². The molecule has 0 radical (unpaired) electrons. The first-order valence-corrected chi connectivity index (χ1v) is 9.78. The number of nitrogens with zero attached hydrogens (tertiary/aromatic N) is 2. The summed E-state index contributed by atoms with van der Waals surface area (Å²) in [6.07, 6.45) is 4.73. The zero-order valence-corrected chi connectivity index (χ0v) is 16.8. The van der Waals surface area contributed by atoms with Crippen LogP contribution in [0.4, 0.5) is 10.8 Å². The predicted octanol–water partition coefficient (Wildman–Crippen LogP) is 2.75. The van der Waals surface area contributed by atoms with Gasteiger partial charge in [0.2, 0.25) is 11.8 Å². The first-order valence-electron chi connectivity index (χ1n) is 8.90. The van der Waals surface area contributed by atoms with Crippen molar-refractivity contribution >= 4 is 46.1 Å². The molecule has 0 aliphatic carbocycles. The molecule has 150 valence electrons. The second kappa shape index (κ2) is 9.24. The Bertz CT molecular complexity index is 980. The van der Waals surface area contributed by atoms with E-state index in [9.17, 15) is 14.4 Å². The van der Waals surface area contributed by atoms with E-state index in [1.165, 1.54) is 29.7 Å². The van der Waals surface area contributed by atoms with Crippen molar-refractivity contribution in [1.29, 1.82) is 0 Å². The normalized spacial score (nSPS) is 15.2. The van der Waals surface area contributed by atoms with Gasteiger partial charge in [0.05, 0.1) is 24.4 Å².